The van der Waals surface area contributed by atoms with E-state index in [2.05, 4.69) is 0 Å². The van der Waals surface area contributed by atoms with Gasteiger partial charge in [-0.1, -0.05) is 11.6 Å². The first kappa shape index (κ1) is 14.0. The van der Waals surface area contributed by atoms with E-state index in [9.17, 15) is 4.79 Å². The van der Waals surface area contributed by atoms with Crippen LogP contribution in [-0.2, 0) is 11.3 Å². The Labute approximate surface area is 106 Å². The van der Waals surface area contributed by atoms with E-state index in [1.165, 1.54) is 6.07 Å². The predicted octanol–water partition coefficient (Wildman–Crippen LogP) is 1.42. The molecule has 96 valence electrons. The smallest absolute Gasteiger partial charge is 0.352 e. The van der Waals surface area contributed by atoms with Gasteiger partial charge in [0.1, 0.15) is 5.69 Å². The van der Waals surface area contributed by atoms with Crippen molar-refractivity contribution < 1.29 is 14.6 Å². The fourth-order valence-electron chi connectivity index (χ4n) is 1.35. The Morgan fingerprint density at radius 2 is 2.24 bits per heavy atom. The Balaban J connectivity index is 2.38. The highest BCUT2D eigenvalue weighted by atomic mass is 35.5. The number of likely N-dealkylation sites (N-methyl/N-ethyl adjacent to an activating group) is 1. The monoisotopic (exact) mass is 260 g/mol. The van der Waals surface area contributed by atoms with Crippen LogP contribution in [0.1, 0.15) is 10.5 Å². The van der Waals surface area contributed by atoms with Gasteiger partial charge >= 0.3 is 5.97 Å². The second-order valence-electron chi connectivity index (χ2n) is 3.96. The van der Waals surface area contributed by atoms with Crippen LogP contribution in [0, 0.1) is 0 Å². The molecule has 5 nitrogen and oxygen atoms in total. The highest BCUT2D eigenvalue weighted by Gasteiger charge is 2.11. The van der Waals surface area contributed by atoms with Crippen molar-refractivity contribution >= 4 is 17.6 Å². The molecule has 0 aliphatic rings. The van der Waals surface area contributed by atoms with Gasteiger partial charge in [0, 0.05) is 19.3 Å². The van der Waals surface area contributed by atoms with Crippen LogP contribution in [0.3, 0.4) is 0 Å². The molecule has 1 N–H and O–H groups in total. The van der Waals surface area contributed by atoms with Crippen molar-refractivity contribution in [3.05, 3.63) is 23.0 Å². The molecule has 6 heteroatoms. The number of hydrogen-bond acceptors (Lipinski definition) is 3. The van der Waals surface area contributed by atoms with Gasteiger partial charge in [-0.3, -0.25) is 0 Å². The van der Waals surface area contributed by atoms with E-state index in [-0.39, 0.29) is 5.69 Å². The van der Waals surface area contributed by atoms with Crippen LogP contribution in [0.15, 0.2) is 12.3 Å². The highest BCUT2D eigenvalue weighted by molar-refractivity contribution is 6.30. The largest absolute Gasteiger partial charge is 0.477 e. The SMILES string of the molecule is CN(C)CCOCCn1cc(Cl)cc1C(=O)O. The number of nitrogens with zero attached hydrogens (tertiary/aromatic N) is 2. The quantitative estimate of drug-likeness (QED) is 0.754. The van der Waals surface area contributed by atoms with E-state index in [1.807, 2.05) is 19.0 Å². The third-order valence-electron chi connectivity index (χ3n) is 2.24. The van der Waals surface area contributed by atoms with Crippen molar-refractivity contribution in [2.75, 3.05) is 33.9 Å². The van der Waals surface area contributed by atoms with Crippen LogP contribution in [0.5, 0.6) is 0 Å². The first-order valence-corrected chi connectivity index (χ1v) is 5.70. The number of carboxylic acids is 1. The molecule has 1 rings (SSSR count). The Hall–Kier alpha value is -1.04. The Bertz CT molecular complexity index is 377. The summed E-state index contributed by atoms with van der Waals surface area (Å²) in [6.45, 7) is 2.43. The fourth-order valence-corrected chi connectivity index (χ4v) is 1.57. The lowest BCUT2D eigenvalue weighted by atomic mass is 10.4. The molecule has 1 aromatic rings. The molecule has 1 heterocycles. The maximum atomic E-state index is 10.9. The maximum Gasteiger partial charge on any atom is 0.352 e. The average molecular weight is 261 g/mol. The van der Waals surface area contributed by atoms with E-state index >= 15 is 0 Å². The molecule has 0 saturated carbocycles. The third-order valence-corrected chi connectivity index (χ3v) is 2.45. The summed E-state index contributed by atoms with van der Waals surface area (Å²) in [5.41, 5.74) is 0.186. The minimum atomic E-state index is -0.981. The highest BCUT2D eigenvalue weighted by Crippen LogP contribution is 2.14. The number of halogens is 1. The van der Waals surface area contributed by atoms with E-state index < -0.39 is 5.97 Å². The van der Waals surface area contributed by atoms with Crippen molar-refractivity contribution in [1.82, 2.24) is 9.47 Å². The number of carbonyl (C=O) groups is 1. The first-order valence-electron chi connectivity index (χ1n) is 5.32. The normalized spacial score (nSPS) is 11.1. The second kappa shape index (κ2) is 6.64. The molecule has 0 fully saturated rings. The number of ether oxygens (including phenoxy) is 1. The van der Waals surface area contributed by atoms with E-state index in [1.54, 1.807) is 10.8 Å². The van der Waals surface area contributed by atoms with Gasteiger partial charge in [0.25, 0.3) is 0 Å². The number of rotatable bonds is 7. The second-order valence-corrected chi connectivity index (χ2v) is 4.39. The predicted molar refractivity (Wildman–Crippen MR) is 65.8 cm³/mol. The van der Waals surface area contributed by atoms with Gasteiger partial charge in [-0.05, 0) is 20.2 Å². The molecule has 0 saturated heterocycles. The van der Waals surface area contributed by atoms with Crippen LogP contribution < -0.4 is 0 Å². The number of hydrogen-bond donors (Lipinski definition) is 1. The summed E-state index contributed by atoms with van der Waals surface area (Å²) in [5.74, 6) is -0.981. The number of aromatic nitrogens is 1. The van der Waals surface area contributed by atoms with E-state index in [0.717, 1.165) is 6.54 Å². The van der Waals surface area contributed by atoms with Gasteiger partial charge in [0.05, 0.1) is 18.2 Å². The summed E-state index contributed by atoms with van der Waals surface area (Å²) in [6, 6.07) is 1.43. The van der Waals surface area contributed by atoms with Crippen molar-refractivity contribution in [3.8, 4) is 0 Å². The molecular formula is C11H17ClN2O3. The van der Waals surface area contributed by atoms with Crippen LogP contribution in [0.25, 0.3) is 0 Å². The molecule has 0 bridgehead atoms. The average Bonchev–Trinajstić information content (AvgIpc) is 2.59. The van der Waals surface area contributed by atoms with Crippen molar-refractivity contribution in [3.63, 3.8) is 0 Å². The molecule has 17 heavy (non-hydrogen) atoms. The zero-order valence-corrected chi connectivity index (χ0v) is 10.8. The Morgan fingerprint density at radius 1 is 1.53 bits per heavy atom. The summed E-state index contributed by atoms with van der Waals surface area (Å²) < 4.78 is 6.98. The molecular weight excluding hydrogens is 244 g/mol. The lowest BCUT2D eigenvalue weighted by Gasteiger charge is -2.10. The van der Waals surface area contributed by atoms with Gasteiger partial charge in [-0.2, -0.15) is 0 Å². The van der Waals surface area contributed by atoms with Gasteiger partial charge < -0.3 is 19.3 Å². The van der Waals surface area contributed by atoms with Crippen LogP contribution in [0.4, 0.5) is 0 Å². The summed E-state index contributed by atoms with van der Waals surface area (Å²) in [4.78, 5) is 12.9. The standard InChI is InChI=1S/C11H17ClN2O3/c1-13(2)3-5-17-6-4-14-8-9(12)7-10(14)11(15)16/h7-8H,3-6H2,1-2H3,(H,15,16). The zero-order chi connectivity index (χ0) is 12.8. The lowest BCUT2D eigenvalue weighted by Crippen LogP contribution is -2.19. The van der Waals surface area contributed by atoms with Crippen molar-refractivity contribution in [2.24, 2.45) is 0 Å². The summed E-state index contributed by atoms with van der Waals surface area (Å²) in [5, 5.41) is 9.35. The number of carboxylic acid groups (broad SMARTS) is 1. The zero-order valence-electron chi connectivity index (χ0n) is 10.0. The topological polar surface area (TPSA) is 54.7 Å². The van der Waals surface area contributed by atoms with Crippen LogP contribution in [-0.4, -0.2) is 54.4 Å². The summed E-state index contributed by atoms with van der Waals surface area (Å²) in [7, 11) is 3.94. The molecule has 0 aromatic carbocycles. The Kier molecular flexibility index (Phi) is 5.47. The molecule has 0 unspecified atom stereocenters. The summed E-state index contributed by atoms with van der Waals surface area (Å²) >= 11 is 5.76. The molecule has 0 spiro atoms. The lowest BCUT2D eigenvalue weighted by molar-refractivity contribution is 0.0679. The van der Waals surface area contributed by atoms with E-state index in [0.29, 0.717) is 24.8 Å². The van der Waals surface area contributed by atoms with E-state index in [4.69, 9.17) is 21.4 Å². The third kappa shape index (κ3) is 4.77. The van der Waals surface area contributed by atoms with Crippen molar-refractivity contribution in [1.29, 1.82) is 0 Å². The molecule has 0 aliphatic heterocycles. The minimum Gasteiger partial charge on any atom is -0.477 e. The molecule has 0 aliphatic carbocycles. The van der Waals surface area contributed by atoms with Crippen LogP contribution in [0.2, 0.25) is 5.02 Å². The molecule has 0 atom stereocenters. The van der Waals surface area contributed by atoms with Crippen LogP contribution >= 0.6 is 11.6 Å². The maximum absolute atomic E-state index is 10.9. The fraction of sp³-hybridized carbons (Fsp3) is 0.545. The molecule has 0 amide bonds. The summed E-state index contributed by atoms with van der Waals surface area (Å²) in [6.07, 6.45) is 1.60. The van der Waals surface area contributed by atoms with Gasteiger partial charge in [-0.15, -0.1) is 0 Å². The first-order chi connectivity index (χ1) is 8.00. The number of aromatic carboxylic acids is 1. The van der Waals surface area contributed by atoms with Gasteiger partial charge in [-0.25, -0.2) is 4.79 Å². The van der Waals surface area contributed by atoms with Crippen molar-refractivity contribution in [2.45, 2.75) is 6.54 Å². The Morgan fingerprint density at radius 3 is 2.82 bits per heavy atom. The molecule has 1 aromatic heterocycles. The van der Waals surface area contributed by atoms with Gasteiger partial charge in [0.2, 0.25) is 0 Å². The minimum absolute atomic E-state index is 0.186. The van der Waals surface area contributed by atoms with Gasteiger partial charge in [0.15, 0.2) is 0 Å². The molecule has 0 radical (unpaired) electrons.